The van der Waals surface area contributed by atoms with Crippen LogP contribution in [0.2, 0.25) is 0 Å². The zero-order valence-corrected chi connectivity index (χ0v) is 20.2. The van der Waals surface area contributed by atoms with Gasteiger partial charge in [0.1, 0.15) is 5.60 Å². The topological polar surface area (TPSA) is 93.2 Å². The summed E-state index contributed by atoms with van der Waals surface area (Å²) in [7, 11) is 0. The van der Waals surface area contributed by atoms with Crippen molar-refractivity contribution in [1.82, 2.24) is 10.0 Å². The van der Waals surface area contributed by atoms with Gasteiger partial charge in [-0.1, -0.05) is 30.3 Å². The second-order valence-electron chi connectivity index (χ2n) is 9.69. The fourth-order valence-electron chi connectivity index (χ4n) is 3.89. The lowest BCUT2D eigenvalue weighted by molar-refractivity contribution is -0.191. The summed E-state index contributed by atoms with van der Waals surface area (Å²) in [6.07, 6.45) is 0.885. The van der Waals surface area contributed by atoms with Crippen molar-refractivity contribution in [1.29, 1.82) is 0 Å². The van der Waals surface area contributed by atoms with Crippen molar-refractivity contribution in [2.45, 2.75) is 78.5 Å². The van der Waals surface area contributed by atoms with E-state index in [0.29, 0.717) is 13.2 Å². The molecular formula is C24H36N2O6. The van der Waals surface area contributed by atoms with Gasteiger partial charge in [0.05, 0.1) is 13.0 Å². The van der Waals surface area contributed by atoms with E-state index in [1.807, 2.05) is 45.9 Å². The minimum absolute atomic E-state index is 0.0191. The lowest BCUT2D eigenvalue weighted by Crippen LogP contribution is -2.56. The van der Waals surface area contributed by atoms with Crippen LogP contribution in [-0.4, -0.2) is 58.6 Å². The molecule has 1 aromatic carbocycles. The molecule has 1 amide bonds. The molecule has 1 aromatic rings. The molecule has 178 valence electrons. The highest BCUT2D eigenvalue weighted by Gasteiger charge is 2.48. The van der Waals surface area contributed by atoms with Crippen LogP contribution in [0.1, 0.15) is 60.5 Å². The molecule has 0 saturated carbocycles. The Morgan fingerprint density at radius 1 is 1.06 bits per heavy atom. The molecule has 0 aromatic heterocycles. The Kier molecular flexibility index (Phi) is 10.1. The molecule has 2 rings (SSSR count). The number of hydrogen-bond acceptors (Lipinski definition) is 7. The van der Waals surface area contributed by atoms with Gasteiger partial charge in [0.15, 0.2) is 0 Å². The Bertz CT molecular complexity index is 776. The number of benzene rings is 1. The molecule has 0 spiro atoms. The normalized spacial score (nSPS) is 18.9. The van der Waals surface area contributed by atoms with Crippen molar-refractivity contribution in [2.75, 3.05) is 13.2 Å². The van der Waals surface area contributed by atoms with Crippen molar-refractivity contribution >= 4 is 18.2 Å². The SMILES string of the molecule is CCOC(=O)C[C@H]1CN(C(=O)OC(C)(C)C)N(C(C)(C)C)[C@@H]1Cc1ccccc1.O=C=O. The molecule has 1 aliphatic rings. The quantitative estimate of drug-likeness (QED) is 0.632. The van der Waals surface area contributed by atoms with Gasteiger partial charge in [-0.25, -0.2) is 14.8 Å². The van der Waals surface area contributed by atoms with E-state index in [0.717, 1.165) is 6.42 Å². The molecule has 0 unspecified atom stereocenters. The van der Waals surface area contributed by atoms with Crippen LogP contribution in [0.15, 0.2) is 30.3 Å². The highest BCUT2D eigenvalue weighted by atomic mass is 16.6. The number of amides is 1. The standard InChI is InChI=1S/C23H36N2O4.CO2/c1-8-28-20(26)15-18-16-24(21(27)29-23(5,6)7)25(22(2,3)4)19(18)14-17-12-10-9-11-13-17;2-1-3/h9-13,18-19H,8,14-16H2,1-7H3;/t18-,19+;/m0./s1. The van der Waals surface area contributed by atoms with Crippen LogP contribution in [0.4, 0.5) is 4.79 Å². The fraction of sp³-hybridized carbons (Fsp3) is 0.625. The van der Waals surface area contributed by atoms with Crippen LogP contribution in [0, 0.1) is 5.92 Å². The first-order chi connectivity index (χ1) is 14.8. The summed E-state index contributed by atoms with van der Waals surface area (Å²) in [5.74, 6) is -0.267. The lowest BCUT2D eigenvalue weighted by atomic mass is 9.90. The first kappa shape index (κ1) is 27.3. The van der Waals surface area contributed by atoms with Gasteiger partial charge in [0, 0.05) is 24.0 Å². The minimum Gasteiger partial charge on any atom is -0.466 e. The molecule has 1 fully saturated rings. The molecule has 0 bridgehead atoms. The van der Waals surface area contributed by atoms with Crippen molar-refractivity contribution in [3.8, 4) is 0 Å². The van der Waals surface area contributed by atoms with Crippen molar-refractivity contribution in [2.24, 2.45) is 5.92 Å². The number of hydrazine groups is 1. The summed E-state index contributed by atoms with van der Waals surface area (Å²) in [6, 6.07) is 10.2. The molecule has 8 nitrogen and oxygen atoms in total. The molecule has 0 N–H and O–H groups in total. The molecule has 0 radical (unpaired) electrons. The highest BCUT2D eigenvalue weighted by Crippen LogP contribution is 2.36. The van der Waals surface area contributed by atoms with E-state index in [1.165, 1.54) is 5.56 Å². The van der Waals surface area contributed by atoms with Gasteiger partial charge in [-0.05, 0) is 60.5 Å². The third kappa shape index (κ3) is 8.44. The first-order valence-corrected chi connectivity index (χ1v) is 10.8. The van der Waals surface area contributed by atoms with Gasteiger partial charge >= 0.3 is 18.2 Å². The van der Waals surface area contributed by atoms with Crippen LogP contribution in [0.5, 0.6) is 0 Å². The summed E-state index contributed by atoms with van der Waals surface area (Å²) < 4.78 is 10.9. The summed E-state index contributed by atoms with van der Waals surface area (Å²) in [6.45, 7) is 14.4. The number of carbonyl (C=O) groups is 2. The Morgan fingerprint density at radius 3 is 2.09 bits per heavy atom. The van der Waals surface area contributed by atoms with Crippen LogP contribution in [-0.2, 0) is 30.3 Å². The summed E-state index contributed by atoms with van der Waals surface area (Å²) >= 11 is 0. The maximum atomic E-state index is 13.0. The Morgan fingerprint density at radius 2 is 1.62 bits per heavy atom. The van der Waals surface area contributed by atoms with Gasteiger partial charge in [-0.3, -0.25) is 4.79 Å². The molecule has 32 heavy (non-hydrogen) atoms. The molecular weight excluding hydrogens is 412 g/mol. The maximum absolute atomic E-state index is 13.0. The van der Waals surface area contributed by atoms with E-state index >= 15 is 0 Å². The lowest BCUT2D eigenvalue weighted by Gasteiger charge is -2.42. The van der Waals surface area contributed by atoms with E-state index < -0.39 is 5.60 Å². The van der Waals surface area contributed by atoms with Crippen molar-refractivity contribution in [3.63, 3.8) is 0 Å². The van der Waals surface area contributed by atoms with E-state index in [-0.39, 0.29) is 42.1 Å². The van der Waals surface area contributed by atoms with Gasteiger partial charge in [0.2, 0.25) is 0 Å². The van der Waals surface area contributed by atoms with Crippen LogP contribution >= 0.6 is 0 Å². The molecule has 1 heterocycles. The average molecular weight is 449 g/mol. The third-order valence-corrected chi connectivity index (χ3v) is 4.84. The molecule has 2 atom stereocenters. The second-order valence-corrected chi connectivity index (χ2v) is 9.69. The molecule has 0 aliphatic carbocycles. The maximum Gasteiger partial charge on any atom is 0.425 e. The van der Waals surface area contributed by atoms with Crippen molar-refractivity contribution in [3.05, 3.63) is 35.9 Å². The van der Waals surface area contributed by atoms with Crippen LogP contribution in [0.3, 0.4) is 0 Å². The summed E-state index contributed by atoms with van der Waals surface area (Å²) in [5, 5.41) is 3.78. The number of nitrogens with zero attached hydrogens (tertiary/aromatic N) is 2. The van der Waals surface area contributed by atoms with Crippen molar-refractivity contribution < 1.29 is 28.7 Å². The molecule has 1 aliphatic heterocycles. The van der Waals surface area contributed by atoms with E-state index in [4.69, 9.17) is 19.1 Å². The monoisotopic (exact) mass is 448 g/mol. The predicted molar refractivity (Wildman–Crippen MR) is 118 cm³/mol. The van der Waals surface area contributed by atoms with Gasteiger partial charge in [-0.15, -0.1) is 0 Å². The number of esters is 1. The number of rotatable bonds is 5. The Hall–Kier alpha value is -2.70. The van der Waals surface area contributed by atoms with E-state index in [2.05, 4.69) is 37.9 Å². The van der Waals surface area contributed by atoms with Crippen LogP contribution in [0.25, 0.3) is 0 Å². The Balaban J connectivity index is 0.00000161. The van der Waals surface area contributed by atoms with Crippen LogP contribution < -0.4 is 0 Å². The van der Waals surface area contributed by atoms with Gasteiger partial charge in [-0.2, -0.15) is 9.59 Å². The first-order valence-electron chi connectivity index (χ1n) is 10.8. The number of carbonyl (C=O) groups excluding carboxylic acids is 4. The Labute approximate surface area is 190 Å². The zero-order valence-electron chi connectivity index (χ0n) is 20.2. The smallest absolute Gasteiger partial charge is 0.425 e. The summed E-state index contributed by atoms with van der Waals surface area (Å²) in [4.78, 5) is 41.6. The number of ether oxygens (including phenoxy) is 2. The van der Waals surface area contributed by atoms with Gasteiger partial charge in [0.25, 0.3) is 0 Å². The van der Waals surface area contributed by atoms with E-state index in [9.17, 15) is 9.59 Å². The number of hydrogen-bond donors (Lipinski definition) is 0. The summed E-state index contributed by atoms with van der Waals surface area (Å²) in [5.41, 5.74) is 0.265. The zero-order chi connectivity index (χ0) is 24.5. The molecule has 1 saturated heterocycles. The third-order valence-electron chi connectivity index (χ3n) is 4.84. The highest BCUT2D eigenvalue weighted by molar-refractivity contribution is 5.71. The average Bonchev–Trinajstić information content (AvgIpc) is 3.00. The van der Waals surface area contributed by atoms with E-state index in [1.54, 1.807) is 5.01 Å². The van der Waals surface area contributed by atoms with Gasteiger partial charge < -0.3 is 9.47 Å². The predicted octanol–water partition coefficient (Wildman–Crippen LogP) is 3.85. The molecule has 8 heteroatoms. The largest absolute Gasteiger partial charge is 0.466 e. The minimum atomic E-state index is -0.588. The fourth-order valence-corrected chi connectivity index (χ4v) is 3.89. The second kappa shape index (κ2) is 11.8.